The number of aliphatic imine (C=N–C) groups is 1. The van der Waals surface area contributed by atoms with E-state index in [0.29, 0.717) is 13.1 Å². The third-order valence-electron chi connectivity index (χ3n) is 5.03. The van der Waals surface area contributed by atoms with Crippen LogP contribution in [-0.2, 0) is 6.54 Å². The number of guanidine groups is 1. The largest absolute Gasteiger partial charge is 0.357 e. The highest BCUT2D eigenvalue weighted by atomic mass is 127. The fourth-order valence-corrected chi connectivity index (χ4v) is 3.83. The first-order chi connectivity index (χ1) is 11.7. The van der Waals surface area contributed by atoms with Crippen LogP contribution in [0.1, 0.15) is 32.6 Å². The molecule has 1 saturated heterocycles. The summed E-state index contributed by atoms with van der Waals surface area (Å²) in [4.78, 5) is 17.3. The lowest BCUT2D eigenvalue weighted by Gasteiger charge is -2.22. The molecule has 1 saturated carbocycles. The van der Waals surface area contributed by atoms with Crippen molar-refractivity contribution in [3.8, 4) is 0 Å². The third-order valence-corrected chi connectivity index (χ3v) is 5.03. The number of hydrogen-bond donors (Lipinski definition) is 1. The molecule has 1 aliphatic heterocycles. The van der Waals surface area contributed by atoms with Crippen molar-refractivity contribution in [1.82, 2.24) is 20.0 Å². The van der Waals surface area contributed by atoms with Gasteiger partial charge in [-0.25, -0.2) is 0 Å². The van der Waals surface area contributed by atoms with Gasteiger partial charge in [0.15, 0.2) is 5.96 Å². The number of nitrogens with zero attached hydrogens (tertiary/aromatic N) is 5. The quantitative estimate of drug-likeness (QED) is 0.239. The number of likely N-dealkylation sites (tertiary alicyclic amines) is 1. The zero-order valence-electron chi connectivity index (χ0n) is 14.6. The maximum atomic E-state index is 10.7. The van der Waals surface area contributed by atoms with Crippen molar-refractivity contribution < 1.29 is 4.92 Å². The standard InChI is InChI=1S/C16H26N6O2.HI/c1-2-17-16(20-10-13-5-3-4-6-14(13)11-20)18-7-8-21-12-15(9-19-21)22(23)24;/h9,12-14H,2-8,10-11H2,1H3,(H,17,18);1H. The second-order valence-corrected chi connectivity index (χ2v) is 6.66. The zero-order chi connectivity index (χ0) is 16.9. The normalized spacial score (nSPS) is 23.1. The highest BCUT2D eigenvalue weighted by Crippen LogP contribution is 2.35. The summed E-state index contributed by atoms with van der Waals surface area (Å²) in [5.74, 6) is 2.60. The maximum absolute atomic E-state index is 10.7. The van der Waals surface area contributed by atoms with Gasteiger partial charge in [-0.05, 0) is 31.6 Å². The van der Waals surface area contributed by atoms with Crippen LogP contribution in [0.15, 0.2) is 17.4 Å². The van der Waals surface area contributed by atoms with E-state index in [9.17, 15) is 10.1 Å². The Kier molecular flexibility index (Phi) is 7.45. The Labute approximate surface area is 165 Å². The van der Waals surface area contributed by atoms with Crippen LogP contribution in [0.4, 0.5) is 5.69 Å². The molecule has 140 valence electrons. The van der Waals surface area contributed by atoms with Crippen molar-refractivity contribution in [3.05, 3.63) is 22.5 Å². The average molecular weight is 462 g/mol. The Morgan fingerprint density at radius 2 is 2.08 bits per heavy atom. The van der Waals surface area contributed by atoms with E-state index in [1.165, 1.54) is 38.1 Å². The molecule has 25 heavy (non-hydrogen) atoms. The molecule has 0 radical (unpaired) electrons. The van der Waals surface area contributed by atoms with Crippen molar-refractivity contribution in [2.45, 2.75) is 39.2 Å². The summed E-state index contributed by atoms with van der Waals surface area (Å²) in [7, 11) is 0. The first kappa shape index (κ1) is 19.9. The number of halogens is 1. The van der Waals surface area contributed by atoms with Gasteiger partial charge in [0, 0.05) is 19.6 Å². The van der Waals surface area contributed by atoms with Crippen LogP contribution in [0.2, 0.25) is 0 Å². The molecule has 2 unspecified atom stereocenters. The fourth-order valence-electron chi connectivity index (χ4n) is 3.83. The summed E-state index contributed by atoms with van der Waals surface area (Å²) in [5, 5.41) is 18.1. The molecule has 1 N–H and O–H groups in total. The van der Waals surface area contributed by atoms with Crippen LogP contribution >= 0.6 is 24.0 Å². The van der Waals surface area contributed by atoms with Gasteiger partial charge in [-0.3, -0.25) is 19.8 Å². The smallest absolute Gasteiger partial charge is 0.306 e. The second kappa shape index (κ2) is 9.35. The van der Waals surface area contributed by atoms with Crippen LogP contribution in [0, 0.1) is 22.0 Å². The molecule has 2 fully saturated rings. The number of aromatic nitrogens is 2. The van der Waals surface area contributed by atoms with Crippen molar-refractivity contribution in [2.75, 3.05) is 26.2 Å². The summed E-state index contributed by atoms with van der Waals surface area (Å²) in [6.07, 6.45) is 8.14. The van der Waals surface area contributed by atoms with Crippen LogP contribution in [0.3, 0.4) is 0 Å². The summed E-state index contributed by atoms with van der Waals surface area (Å²) >= 11 is 0. The van der Waals surface area contributed by atoms with Crippen LogP contribution in [0.5, 0.6) is 0 Å². The van der Waals surface area contributed by atoms with Gasteiger partial charge in [0.05, 0.1) is 18.0 Å². The molecule has 9 heteroatoms. The lowest BCUT2D eigenvalue weighted by Crippen LogP contribution is -2.40. The lowest BCUT2D eigenvalue weighted by molar-refractivity contribution is -0.385. The maximum Gasteiger partial charge on any atom is 0.306 e. The van der Waals surface area contributed by atoms with Crippen molar-refractivity contribution >= 4 is 35.6 Å². The van der Waals surface area contributed by atoms with Gasteiger partial charge in [0.2, 0.25) is 0 Å². The van der Waals surface area contributed by atoms with Gasteiger partial charge in [-0.1, -0.05) is 12.8 Å². The van der Waals surface area contributed by atoms with Gasteiger partial charge in [-0.2, -0.15) is 5.10 Å². The van der Waals surface area contributed by atoms with Gasteiger partial charge in [-0.15, -0.1) is 24.0 Å². The summed E-state index contributed by atoms with van der Waals surface area (Å²) < 4.78 is 1.58. The van der Waals surface area contributed by atoms with Crippen LogP contribution in [-0.4, -0.2) is 51.7 Å². The fraction of sp³-hybridized carbons (Fsp3) is 0.750. The predicted molar refractivity (Wildman–Crippen MR) is 107 cm³/mol. The van der Waals surface area contributed by atoms with E-state index in [0.717, 1.165) is 37.4 Å². The van der Waals surface area contributed by atoms with E-state index in [4.69, 9.17) is 4.99 Å². The second-order valence-electron chi connectivity index (χ2n) is 6.66. The van der Waals surface area contributed by atoms with E-state index in [1.807, 2.05) is 0 Å². The van der Waals surface area contributed by atoms with E-state index in [1.54, 1.807) is 4.68 Å². The minimum Gasteiger partial charge on any atom is -0.357 e. The summed E-state index contributed by atoms with van der Waals surface area (Å²) in [6.45, 7) is 6.23. The summed E-state index contributed by atoms with van der Waals surface area (Å²) in [5.41, 5.74) is 0.0227. The van der Waals surface area contributed by atoms with Crippen LogP contribution in [0.25, 0.3) is 0 Å². The zero-order valence-corrected chi connectivity index (χ0v) is 17.0. The molecule has 3 rings (SSSR count). The van der Waals surface area contributed by atoms with E-state index in [2.05, 4.69) is 22.2 Å². The molecule has 0 aromatic carbocycles. The van der Waals surface area contributed by atoms with Crippen molar-refractivity contribution in [2.24, 2.45) is 16.8 Å². The number of fused-ring (bicyclic) bond motifs is 1. The molecular formula is C16H27IN6O2. The van der Waals surface area contributed by atoms with Gasteiger partial charge in [0.1, 0.15) is 12.4 Å². The molecule has 1 aliphatic carbocycles. The van der Waals surface area contributed by atoms with E-state index < -0.39 is 4.92 Å². The molecule has 0 spiro atoms. The third kappa shape index (κ3) is 5.05. The lowest BCUT2D eigenvalue weighted by atomic mass is 9.82. The Bertz CT molecular complexity index is 591. The Morgan fingerprint density at radius 1 is 1.40 bits per heavy atom. The van der Waals surface area contributed by atoms with Crippen molar-refractivity contribution in [3.63, 3.8) is 0 Å². The molecule has 1 aromatic rings. The van der Waals surface area contributed by atoms with Crippen molar-refractivity contribution in [1.29, 1.82) is 0 Å². The molecule has 2 aliphatic rings. The van der Waals surface area contributed by atoms with Gasteiger partial charge >= 0.3 is 5.69 Å². The molecule has 0 amide bonds. The minimum absolute atomic E-state index is 0. The molecular weight excluding hydrogens is 435 g/mol. The Morgan fingerprint density at radius 3 is 2.64 bits per heavy atom. The monoisotopic (exact) mass is 462 g/mol. The number of nitrogens with one attached hydrogen (secondary N) is 1. The topological polar surface area (TPSA) is 88.6 Å². The molecule has 2 heterocycles. The van der Waals surface area contributed by atoms with E-state index >= 15 is 0 Å². The highest BCUT2D eigenvalue weighted by Gasteiger charge is 2.35. The summed E-state index contributed by atoms with van der Waals surface area (Å²) in [6, 6.07) is 0. The number of rotatable bonds is 5. The Hall–Kier alpha value is -1.39. The molecule has 2 atom stereocenters. The minimum atomic E-state index is -0.428. The molecule has 0 bridgehead atoms. The average Bonchev–Trinajstić information content (AvgIpc) is 3.20. The molecule has 8 nitrogen and oxygen atoms in total. The number of hydrogen-bond acceptors (Lipinski definition) is 4. The highest BCUT2D eigenvalue weighted by molar-refractivity contribution is 14.0. The van der Waals surface area contributed by atoms with Gasteiger partial charge < -0.3 is 10.2 Å². The first-order valence-corrected chi connectivity index (χ1v) is 8.87. The first-order valence-electron chi connectivity index (χ1n) is 8.87. The number of nitro groups is 1. The van der Waals surface area contributed by atoms with Crippen LogP contribution < -0.4 is 5.32 Å². The Balaban J connectivity index is 0.00000225. The molecule has 1 aromatic heterocycles. The van der Waals surface area contributed by atoms with Gasteiger partial charge in [0.25, 0.3) is 0 Å². The van der Waals surface area contributed by atoms with E-state index in [-0.39, 0.29) is 29.7 Å². The predicted octanol–water partition coefficient (Wildman–Crippen LogP) is 2.50. The SMILES string of the molecule is CCNC(=NCCn1cc([N+](=O)[O-])cn1)N1CC2CCCCC2C1.I.